The van der Waals surface area contributed by atoms with Gasteiger partial charge in [0.2, 0.25) is 0 Å². The third-order valence-corrected chi connectivity index (χ3v) is 2.95. The van der Waals surface area contributed by atoms with E-state index in [9.17, 15) is 0 Å². The minimum atomic E-state index is 0.730. The zero-order valence-corrected chi connectivity index (χ0v) is 10.9. The summed E-state index contributed by atoms with van der Waals surface area (Å²) in [7, 11) is 3.95. The molecule has 0 saturated carbocycles. The van der Waals surface area contributed by atoms with Gasteiger partial charge in [-0.15, -0.1) is 0 Å². The molecule has 0 aliphatic rings. The smallest absolute Gasteiger partial charge is 0.0994 e. The van der Waals surface area contributed by atoms with Crippen LogP contribution < -0.4 is 4.90 Å². The lowest BCUT2D eigenvalue weighted by molar-refractivity contribution is 0.766. The summed E-state index contributed by atoms with van der Waals surface area (Å²) in [5.41, 5.74) is 4.01. The zero-order valence-electron chi connectivity index (χ0n) is 10.9. The highest BCUT2D eigenvalue weighted by Gasteiger charge is 2.05. The van der Waals surface area contributed by atoms with Crippen LogP contribution in [0.25, 0.3) is 0 Å². The minimum absolute atomic E-state index is 0.730. The summed E-state index contributed by atoms with van der Waals surface area (Å²) in [6, 6.07) is 8.06. The number of hydrogen-bond acceptors (Lipinski definition) is 3. The Labute approximate surface area is 107 Å². The van der Waals surface area contributed by atoms with E-state index in [2.05, 4.69) is 16.1 Å². The molecule has 0 aliphatic heterocycles. The molecule has 1 aromatic carbocycles. The largest absolute Gasteiger partial charge is 0.370 e. The quantitative estimate of drug-likeness (QED) is 0.826. The van der Waals surface area contributed by atoms with E-state index in [0.717, 1.165) is 23.4 Å². The van der Waals surface area contributed by atoms with E-state index >= 15 is 0 Å². The Morgan fingerprint density at radius 3 is 2.78 bits per heavy atom. The minimum Gasteiger partial charge on any atom is -0.370 e. The van der Waals surface area contributed by atoms with E-state index in [4.69, 9.17) is 5.26 Å². The zero-order chi connectivity index (χ0) is 13.1. The molecule has 0 atom stereocenters. The van der Waals surface area contributed by atoms with Crippen LogP contribution in [0.5, 0.6) is 0 Å². The lowest BCUT2D eigenvalue weighted by Gasteiger charge is -2.19. The lowest BCUT2D eigenvalue weighted by atomic mass is 10.1. The van der Waals surface area contributed by atoms with Gasteiger partial charge in [0.05, 0.1) is 17.8 Å². The Hall–Kier alpha value is -2.28. The Bertz CT molecular complexity index is 592. The molecule has 2 aromatic rings. The molecule has 0 bridgehead atoms. The maximum atomic E-state index is 8.91. The number of nitrogens with zero attached hydrogens (tertiary/aromatic N) is 4. The Balaban J connectivity index is 2.16. The molecule has 92 valence electrons. The molecule has 4 heteroatoms. The molecule has 0 amide bonds. The third kappa shape index (κ3) is 2.51. The van der Waals surface area contributed by atoms with Gasteiger partial charge in [0.1, 0.15) is 0 Å². The average molecular weight is 240 g/mol. The molecule has 4 nitrogen and oxygen atoms in total. The van der Waals surface area contributed by atoms with E-state index in [1.54, 1.807) is 4.68 Å². The van der Waals surface area contributed by atoms with Crippen LogP contribution in [0.1, 0.15) is 16.7 Å². The predicted molar refractivity (Wildman–Crippen MR) is 71.2 cm³/mol. The van der Waals surface area contributed by atoms with Gasteiger partial charge in [-0.05, 0) is 30.7 Å². The van der Waals surface area contributed by atoms with Crippen molar-refractivity contribution >= 4 is 5.69 Å². The number of benzene rings is 1. The fourth-order valence-electron chi connectivity index (χ4n) is 1.93. The summed E-state index contributed by atoms with van der Waals surface area (Å²) in [6.07, 6.45) is 3.88. The molecule has 1 aromatic heterocycles. The van der Waals surface area contributed by atoms with Crippen LogP contribution in [0.3, 0.4) is 0 Å². The molecule has 0 unspecified atom stereocenters. The number of aryl methyl sites for hydroxylation is 2. The summed E-state index contributed by atoms with van der Waals surface area (Å²) in [4.78, 5) is 2.14. The van der Waals surface area contributed by atoms with Gasteiger partial charge in [0, 0.05) is 38.1 Å². The molecule has 1 heterocycles. The molecule has 0 N–H and O–H groups in total. The highest BCUT2D eigenvalue weighted by Crippen LogP contribution is 2.19. The molecule has 0 radical (unpaired) electrons. The SMILES string of the molecule is Cc1cc(N(C)Cc2cnn(C)c2)ccc1C#N. The fourth-order valence-corrected chi connectivity index (χ4v) is 1.93. The summed E-state index contributed by atoms with van der Waals surface area (Å²) in [5, 5.41) is 13.1. The number of aromatic nitrogens is 2. The number of hydrogen-bond donors (Lipinski definition) is 0. The first kappa shape index (κ1) is 12.2. The Kier molecular flexibility index (Phi) is 3.33. The van der Waals surface area contributed by atoms with Gasteiger partial charge in [-0.1, -0.05) is 0 Å². The van der Waals surface area contributed by atoms with Crippen molar-refractivity contribution in [3.05, 3.63) is 47.3 Å². The number of anilines is 1. The third-order valence-electron chi connectivity index (χ3n) is 2.95. The van der Waals surface area contributed by atoms with Gasteiger partial charge in [0.25, 0.3) is 0 Å². The maximum absolute atomic E-state index is 8.91. The summed E-state index contributed by atoms with van der Waals surface area (Å²) in [6.45, 7) is 2.76. The summed E-state index contributed by atoms with van der Waals surface area (Å²) >= 11 is 0. The van der Waals surface area contributed by atoms with Crippen molar-refractivity contribution in [1.29, 1.82) is 5.26 Å². The Morgan fingerprint density at radius 1 is 1.44 bits per heavy atom. The first-order valence-corrected chi connectivity index (χ1v) is 5.79. The normalized spacial score (nSPS) is 10.1. The van der Waals surface area contributed by atoms with Gasteiger partial charge >= 0.3 is 0 Å². The van der Waals surface area contributed by atoms with Crippen molar-refractivity contribution in [2.24, 2.45) is 7.05 Å². The fraction of sp³-hybridized carbons (Fsp3) is 0.286. The van der Waals surface area contributed by atoms with Crippen LogP contribution in [0.2, 0.25) is 0 Å². The second-order valence-electron chi connectivity index (χ2n) is 4.49. The van der Waals surface area contributed by atoms with Crippen LogP contribution >= 0.6 is 0 Å². The monoisotopic (exact) mass is 240 g/mol. The predicted octanol–water partition coefficient (Wildman–Crippen LogP) is 2.24. The molecular formula is C14H16N4. The molecule has 2 rings (SSSR count). The van der Waals surface area contributed by atoms with Crippen molar-refractivity contribution in [2.75, 3.05) is 11.9 Å². The molecule has 18 heavy (non-hydrogen) atoms. The number of rotatable bonds is 3. The second kappa shape index (κ2) is 4.92. The van der Waals surface area contributed by atoms with Crippen molar-refractivity contribution < 1.29 is 0 Å². The van der Waals surface area contributed by atoms with Gasteiger partial charge in [-0.2, -0.15) is 10.4 Å². The van der Waals surface area contributed by atoms with Gasteiger partial charge < -0.3 is 4.90 Å². The number of nitriles is 1. The van der Waals surface area contributed by atoms with Crippen molar-refractivity contribution in [3.63, 3.8) is 0 Å². The van der Waals surface area contributed by atoms with Crippen LogP contribution in [-0.4, -0.2) is 16.8 Å². The van der Waals surface area contributed by atoms with E-state index in [0.29, 0.717) is 0 Å². The van der Waals surface area contributed by atoms with E-state index in [1.165, 1.54) is 5.56 Å². The topological polar surface area (TPSA) is 44.9 Å². The highest BCUT2D eigenvalue weighted by atomic mass is 15.2. The van der Waals surface area contributed by atoms with Crippen LogP contribution in [-0.2, 0) is 13.6 Å². The standard InChI is InChI=1S/C14H16N4/c1-11-6-14(5-4-13(11)7-15)17(2)9-12-8-16-18(3)10-12/h4-6,8,10H,9H2,1-3H3. The molecule has 0 aliphatic carbocycles. The van der Waals surface area contributed by atoms with E-state index in [1.807, 2.05) is 51.6 Å². The van der Waals surface area contributed by atoms with E-state index < -0.39 is 0 Å². The summed E-state index contributed by atoms with van der Waals surface area (Å²) < 4.78 is 1.80. The molecule has 0 fully saturated rings. The lowest BCUT2D eigenvalue weighted by Crippen LogP contribution is -2.16. The van der Waals surface area contributed by atoms with Gasteiger partial charge in [-0.25, -0.2) is 0 Å². The molecular weight excluding hydrogens is 224 g/mol. The highest BCUT2D eigenvalue weighted by molar-refractivity contribution is 5.53. The van der Waals surface area contributed by atoms with Crippen LogP contribution in [0, 0.1) is 18.3 Å². The molecule has 0 saturated heterocycles. The Morgan fingerprint density at radius 2 is 2.22 bits per heavy atom. The van der Waals surface area contributed by atoms with Crippen molar-refractivity contribution in [3.8, 4) is 6.07 Å². The van der Waals surface area contributed by atoms with Gasteiger partial charge in [0.15, 0.2) is 0 Å². The van der Waals surface area contributed by atoms with Gasteiger partial charge in [-0.3, -0.25) is 4.68 Å². The van der Waals surface area contributed by atoms with Crippen molar-refractivity contribution in [1.82, 2.24) is 9.78 Å². The maximum Gasteiger partial charge on any atom is 0.0994 e. The second-order valence-corrected chi connectivity index (χ2v) is 4.49. The molecule has 0 spiro atoms. The van der Waals surface area contributed by atoms with Crippen molar-refractivity contribution in [2.45, 2.75) is 13.5 Å². The first-order valence-electron chi connectivity index (χ1n) is 5.79. The summed E-state index contributed by atoms with van der Waals surface area (Å²) in [5.74, 6) is 0. The van der Waals surface area contributed by atoms with E-state index in [-0.39, 0.29) is 0 Å². The average Bonchev–Trinajstić information content (AvgIpc) is 2.74. The van der Waals surface area contributed by atoms with Crippen LogP contribution in [0.15, 0.2) is 30.6 Å². The first-order chi connectivity index (χ1) is 8.60. The van der Waals surface area contributed by atoms with Crippen LogP contribution in [0.4, 0.5) is 5.69 Å².